The Labute approximate surface area is 99.8 Å². The van der Waals surface area contributed by atoms with Gasteiger partial charge in [-0.15, -0.1) is 0 Å². The number of hydrogen-bond donors (Lipinski definition) is 3. The minimum Gasteiger partial charge on any atom is -0.386 e. The molecule has 0 saturated carbocycles. The van der Waals surface area contributed by atoms with Crippen molar-refractivity contribution in [3.05, 3.63) is 35.6 Å². The van der Waals surface area contributed by atoms with Crippen LogP contribution in [0.2, 0.25) is 0 Å². The summed E-state index contributed by atoms with van der Waals surface area (Å²) in [6.07, 6.45) is -0.685. The van der Waals surface area contributed by atoms with Crippen molar-refractivity contribution in [1.29, 1.82) is 0 Å². The molecule has 0 fully saturated rings. The summed E-state index contributed by atoms with van der Waals surface area (Å²) in [7, 11) is 1.75. The summed E-state index contributed by atoms with van der Waals surface area (Å²) >= 11 is 0. The number of halogens is 1. The van der Waals surface area contributed by atoms with Crippen molar-refractivity contribution in [3.63, 3.8) is 0 Å². The van der Waals surface area contributed by atoms with Gasteiger partial charge in [0, 0.05) is 25.1 Å². The lowest BCUT2D eigenvalue weighted by atomic mass is 10.1. The van der Waals surface area contributed by atoms with E-state index in [4.69, 9.17) is 0 Å². The highest BCUT2D eigenvalue weighted by Gasteiger charge is 2.12. The first-order valence-corrected chi connectivity index (χ1v) is 5.49. The van der Waals surface area contributed by atoms with E-state index in [0.29, 0.717) is 13.0 Å². The highest BCUT2D eigenvalue weighted by atomic mass is 19.1. The monoisotopic (exact) mass is 240 g/mol. The molecule has 94 valence electrons. The number of carbonyl (C=O) groups is 1. The zero-order chi connectivity index (χ0) is 12.7. The summed E-state index contributed by atoms with van der Waals surface area (Å²) in [5.74, 6) is -0.640. The first-order valence-electron chi connectivity index (χ1n) is 5.49. The van der Waals surface area contributed by atoms with E-state index < -0.39 is 11.9 Å². The van der Waals surface area contributed by atoms with Gasteiger partial charge in [0.05, 0.1) is 6.10 Å². The standard InChI is InChI=1S/C12H17FN2O2/c1-14-7-6-12(17)15-8-11(16)9-4-2-3-5-10(9)13/h2-5,11,14,16H,6-8H2,1H3,(H,15,17). The van der Waals surface area contributed by atoms with Crippen LogP contribution in [0.5, 0.6) is 0 Å². The molecule has 5 heteroatoms. The highest BCUT2D eigenvalue weighted by Crippen LogP contribution is 2.15. The van der Waals surface area contributed by atoms with Crippen molar-refractivity contribution < 1.29 is 14.3 Å². The SMILES string of the molecule is CNCCC(=O)NCC(O)c1ccccc1F. The maximum atomic E-state index is 13.3. The molecule has 1 rings (SSSR count). The summed E-state index contributed by atoms with van der Waals surface area (Å²) < 4.78 is 13.3. The van der Waals surface area contributed by atoms with Crippen molar-refractivity contribution in [1.82, 2.24) is 10.6 Å². The average molecular weight is 240 g/mol. The van der Waals surface area contributed by atoms with Gasteiger partial charge in [-0.05, 0) is 13.1 Å². The highest BCUT2D eigenvalue weighted by molar-refractivity contribution is 5.76. The molecule has 3 N–H and O–H groups in total. The lowest BCUT2D eigenvalue weighted by molar-refractivity contribution is -0.121. The molecular weight excluding hydrogens is 223 g/mol. The largest absolute Gasteiger partial charge is 0.386 e. The smallest absolute Gasteiger partial charge is 0.221 e. The van der Waals surface area contributed by atoms with Crippen molar-refractivity contribution >= 4 is 5.91 Å². The number of aliphatic hydroxyl groups excluding tert-OH is 1. The lowest BCUT2D eigenvalue weighted by Crippen LogP contribution is -2.30. The Hall–Kier alpha value is -1.46. The quantitative estimate of drug-likeness (QED) is 0.682. The Morgan fingerprint density at radius 2 is 2.18 bits per heavy atom. The van der Waals surface area contributed by atoms with Crippen molar-refractivity contribution in [2.45, 2.75) is 12.5 Å². The molecule has 4 nitrogen and oxygen atoms in total. The predicted octanol–water partition coefficient (Wildman–Crippen LogP) is 0.585. The zero-order valence-corrected chi connectivity index (χ0v) is 9.74. The maximum absolute atomic E-state index is 13.3. The Balaban J connectivity index is 2.42. The topological polar surface area (TPSA) is 61.4 Å². The third-order valence-electron chi connectivity index (χ3n) is 2.36. The summed E-state index contributed by atoms with van der Waals surface area (Å²) in [5, 5.41) is 15.1. The fraction of sp³-hybridized carbons (Fsp3) is 0.417. The third kappa shape index (κ3) is 4.50. The van der Waals surface area contributed by atoms with Gasteiger partial charge in [0.15, 0.2) is 0 Å². The van der Waals surface area contributed by atoms with Gasteiger partial charge < -0.3 is 15.7 Å². The Bertz CT molecular complexity index is 371. The Kier molecular flexibility index (Phi) is 5.59. The maximum Gasteiger partial charge on any atom is 0.221 e. The number of nitrogens with one attached hydrogen (secondary N) is 2. The van der Waals surface area contributed by atoms with E-state index in [1.807, 2.05) is 0 Å². The first-order chi connectivity index (χ1) is 8.15. The summed E-state index contributed by atoms with van der Waals surface area (Å²) in [6, 6.07) is 5.97. The number of carbonyl (C=O) groups excluding carboxylic acids is 1. The van der Waals surface area contributed by atoms with Crippen LogP contribution in [0.1, 0.15) is 18.1 Å². The number of amides is 1. The molecule has 0 aliphatic rings. The van der Waals surface area contributed by atoms with Crippen molar-refractivity contribution in [3.8, 4) is 0 Å². The Morgan fingerprint density at radius 3 is 2.82 bits per heavy atom. The molecule has 0 saturated heterocycles. The van der Waals surface area contributed by atoms with E-state index in [-0.39, 0.29) is 18.0 Å². The van der Waals surface area contributed by atoms with Crippen LogP contribution < -0.4 is 10.6 Å². The molecule has 17 heavy (non-hydrogen) atoms. The second kappa shape index (κ2) is 6.98. The van der Waals surface area contributed by atoms with Crippen LogP contribution in [-0.4, -0.2) is 31.2 Å². The number of aliphatic hydroxyl groups is 1. The number of benzene rings is 1. The molecule has 1 aromatic carbocycles. The number of rotatable bonds is 6. The van der Waals surface area contributed by atoms with Crippen molar-refractivity contribution in [2.24, 2.45) is 0 Å². The molecule has 0 aliphatic heterocycles. The molecule has 0 radical (unpaired) electrons. The minimum absolute atomic E-state index is 0.0173. The molecule has 0 spiro atoms. The van der Waals surface area contributed by atoms with Crippen LogP contribution in [0, 0.1) is 5.82 Å². The van der Waals surface area contributed by atoms with E-state index in [2.05, 4.69) is 10.6 Å². The van der Waals surface area contributed by atoms with Gasteiger partial charge in [-0.3, -0.25) is 4.79 Å². The summed E-state index contributed by atoms with van der Waals surface area (Å²) in [4.78, 5) is 11.3. The molecule has 1 amide bonds. The van der Waals surface area contributed by atoms with Gasteiger partial charge in [-0.1, -0.05) is 18.2 Å². The fourth-order valence-electron chi connectivity index (χ4n) is 1.39. The van der Waals surface area contributed by atoms with Gasteiger partial charge in [-0.25, -0.2) is 4.39 Å². The molecule has 1 atom stereocenters. The van der Waals surface area contributed by atoms with Gasteiger partial charge in [0.2, 0.25) is 5.91 Å². The molecule has 0 aromatic heterocycles. The summed E-state index contributed by atoms with van der Waals surface area (Å²) in [6.45, 7) is 0.588. The van der Waals surface area contributed by atoms with Crippen LogP contribution in [0.25, 0.3) is 0 Å². The van der Waals surface area contributed by atoms with E-state index in [1.54, 1.807) is 19.2 Å². The number of hydrogen-bond acceptors (Lipinski definition) is 3. The second-order valence-electron chi connectivity index (χ2n) is 3.69. The molecule has 0 heterocycles. The van der Waals surface area contributed by atoms with E-state index in [0.717, 1.165) is 0 Å². The average Bonchev–Trinajstić information content (AvgIpc) is 2.34. The molecule has 0 aliphatic carbocycles. The van der Waals surface area contributed by atoms with Gasteiger partial charge in [0.1, 0.15) is 5.82 Å². The lowest BCUT2D eigenvalue weighted by Gasteiger charge is -2.12. The van der Waals surface area contributed by atoms with Gasteiger partial charge in [0.25, 0.3) is 0 Å². The van der Waals surface area contributed by atoms with Gasteiger partial charge in [-0.2, -0.15) is 0 Å². The second-order valence-corrected chi connectivity index (χ2v) is 3.69. The minimum atomic E-state index is -1.02. The molecule has 0 bridgehead atoms. The normalized spacial score (nSPS) is 12.2. The van der Waals surface area contributed by atoms with Crippen LogP contribution in [0.3, 0.4) is 0 Å². The van der Waals surface area contributed by atoms with Crippen LogP contribution >= 0.6 is 0 Å². The Morgan fingerprint density at radius 1 is 1.47 bits per heavy atom. The van der Waals surface area contributed by atoms with E-state index in [9.17, 15) is 14.3 Å². The molecule has 1 aromatic rings. The zero-order valence-electron chi connectivity index (χ0n) is 9.74. The third-order valence-corrected chi connectivity index (χ3v) is 2.36. The molecule has 1 unspecified atom stereocenters. The van der Waals surface area contributed by atoms with E-state index in [1.165, 1.54) is 12.1 Å². The van der Waals surface area contributed by atoms with E-state index >= 15 is 0 Å². The van der Waals surface area contributed by atoms with Crippen LogP contribution in [0.4, 0.5) is 4.39 Å². The fourth-order valence-corrected chi connectivity index (χ4v) is 1.39. The van der Waals surface area contributed by atoms with Crippen molar-refractivity contribution in [2.75, 3.05) is 20.1 Å². The van der Waals surface area contributed by atoms with Crippen LogP contribution in [-0.2, 0) is 4.79 Å². The van der Waals surface area contributed by atoms with Gasteiger partial charge >= 0.3 is 0 Å². The predicted molar refractivity (Wildman–Crippen MR) is 62.9 cm³/mol. The summed E-state index contributed by atoms with van der Waals surface area (Å²) in [5.41, 5.74) is 0.196. The van der Waals surface area contributed by atoms with Crippen LogP contribution in [0.15, 0.2) is 24.3 Å². The first kappa shape index (κ1) is 13.6. The molecular formula is C12H17FN2O2.